The molecule has 1 aliphatic heterocycles. The van der Waals surface area contributed by atoms with Gasteiger partial charge < -0.3 is 14.6 Å². The molecule has 4 nitrogen and oxygen atoms in total. The first-order valence-electron chi connectivity index (χ1n) is 9.17. The first-order valence-corrected chi connectivity index (χ1v) is 9.17. The molecule has 140 valence electrons. The van der Waals surface area contributed by atoms with Crippen LogP contribution in [-0.4, -0.2) is 35.5 Å². The zero-order valence-electron chi connectivity index (χ0n) is 16.0. The van der Waals surface area contributed by atoms with Crippen molar-refractivity contribution in [2.45, 2.75) is 76.6 Å². The van der Waals surface area contributed by atoms with Crippen molar-refractivity contribution in [3.05, 3.63) is 36.0 Å². The number of carbonyl (C=O) groups excluding carboxylic acids is 1. The van der Waals surface area contributed by atoms with Gasteiger partial charge in [0, 0.05) is 5.57 Å². The highest BCUT2D eigenvalue weighted by Crippen LogP contribution is 2.45. The van der Waals surface area contributed by atoms with E-state index in [9.17, 15) is 9.90 Å². The number of carbonyl (C=O) groups is 1. The molecule has 1 heterocycles. The van der Waals surface area contributed by atoms with Gasteiger partial charge in [-0.25, -0.2) is 4.79 Å². The molecule has 0 aromatic carbocycles. The molecule has 2 aliphatic rings. The van der Waals surface area contributed by atoms with Gasteiger partial charge in [-0.05, 0) is 65.2 Å². The topological polar surface area (TPSA) is 59.1 Å². The minimum absolute atomic E-state index is 0.0673. The van der Waals surface area contributed by atoms with Crippen LogP contribution in [0.15, 0.2) is 36.0 Å². The normalized spacial score (nSPS) is 40.0. The number of fused-ring (bicyclic) bond motifs is 1. The van der Waals surface area contributed by atoms with Crippen LogP contribution in [0.3, 0.4) is 0 Å². The highest BCUT2D eigenvalue weighted by atomic mass is 16.6. The van der Waals surface area contributed by atoms with E-state index in [2.05, 4.69) is 26.5 Å². The fourth-order valence-corrected chi connectivity index (χ4v) is 3.50. The Balaban J connectivity index is 2.15. The average molecular weight is 348 g/mol. The van der Waals surface area contributed by atoms with Crippen molar-refractivity contribution in [1.82, 2.24) is 0 Å². The Morgan fingerprint density at radius 2 is 2.16 bits per heavy atom. The zero-order valence-corrected chi connectivity index (χ0v) is 16.0. The molecule has 0 saturated carbocycles. The summed E-state index contributed by atoms with van der Waals surface area (Å²) in [6.45, 7) is 10.0. The lowest BCUT2D eigenvalue weighted by molar-refractivity contribution is -0.136. The summed E-state index contributed by atoms with van der Waals surface area (Å²) in [5, 5.41) is 10.4. The fraction of sp³-hybridized carbons (Fsp3) is 0.667. The molecule has 1 saturated heterocycles. The molecular formula is C21H32O4. The summed E-state index contributed by atoms with van der Waals surface area (Å²) in [5.41, 5.74) is 0.817. The molecule has 0 spiro atoms. The number of esters is 1. The molecule has 2 rings (SSSR count). The summed E-state index contributed by atoms with van der Waals surface area (Å²) < 4.78 is 10.8. The Morgan fingerprint density at radius 1 is 1.44 bits per heavy atom. The second-order valence-corrected chi connectivity index (χ2v) is 7.96. The van der Waals surface area contributed by atoms with E-state index in [1.807, 2.05) is 19.1 Å². The molecule has 1 N–H and O–H groups in total. The molecule has 0 unspecified atom stereocenters. The molecule has 0 aromatic heterocycles. The molecule has 0 aromatic rings. The number of aliphatic hydroxyl groups is 1. The smallest absolute Gasteiger partial charge is 0.333 e. The third-order valence-electron chi connectivity index (χ3n) is 5.50. The zero-order chi connectivity index (χ0) is 18.7. The number of ether oxygens (including phenoxy) is 2. The molecule has 0 amide bonds. The van der Waals surface area contributed by atoms with Crippen LogP contribution in [0, 0.1) is 5.92 Å². The monoisotopic (exact) mass is 348 g/mol. The summed E-state index contributed by atoms with van der Waals surface area (Å²) in [6.07, 6.45) is 11.0. The van der Waals surface area contributed by atoms with Gasteiger partial charge >= 0.3 is 5.97 Å². The van der Waals surface area contributed by atoms with Gasteiger partial charge in [-0.2, -0.15) is 0 Å². The van der Waals surface area contributed by atoms with Crippen molar-refractivity contribution in [3.63, 3.8) is 0 Å². The Morgan fingerprint density at radius 3 is 2.84 bits per heavy atom. The SMILES string of the molecule is C=C(C(=O)OC)[C@H]1CC/C(C)=C/CC[C@@](C)(O)/C=C/C[C@@]2(C)O[C@@H]2C1. The third kappa shape index (κ3) is 5.55. The van der Waals surface area contributed by atoms with Gasteiger partial charge in [-0.3, -0.25) is 0 Å². The predicted molar refractivity (Wildman–Crippen MR) is 99.1 cm³/mol. The lowest BCUT2D eigenvalue weighted by atomic mass is 9.85. The molecule has 1 aliphatic carbocycles. The quantitative estimate of drug-likeness (QED) is 0.353. The molecule has 25 heavy (non-hydrogen) atoms. The number of allylic oxidation sites excluding steroid dienone is 2. The van der Waals surface area contributed by atoms with E-state index in [0.29, 0.717) is 12.0 Å². The van der Waals surface area contributed by atoms with Crippen molar-refractivity contribution in [1.29, 1.82) is 0 Å². The van der Waals surface area contributed by atoms with Crippen molar-refractivity contribution in [2.75, 3.05) is 7.11 Å². The van der Waals surface area contributed by atoms with E-state index in [-0.39, 0.29) is 23.6 Å². The van der Waals surface area contributed by atoms with Crippen LogP contribution in [0.25, 0.3) is 0 Å². The van der Waals surface area contributed by atoms with Crippen LogP contribution in [0.1, 0.15) is 59.3 Å². The molecule has 1 fully saturated rings. The second-order valence-electron chi connectivity index (χ2n) is 7.96. The Kier molecular flexibility index (Phi) is 6.28. The highest BCUT2D eigenvalue weighted by molar-refractivity contribution is 5.88. The summed E-state index contributed by atoms with van der Waals surface area (Å²) in [4.78, 5) is 11.9. The second kappa shape index (κ2) is 7.88. The van der Waals surface area contributed by atoms with Gasteiger partial charge in [0.2, 0.25) is 0 Å². The van der Waals surface area contributed by atoms with Crippen LogP contribution in [0.2, 0.25) is 0 Å². The predicted octanol–water partition coefficient (Wildman–Crippen LogP) is 4.10. The average Bonchev–Trinajstić information content (AvgIpc) is 3.18. The maximum atomic E-state index is 11.9. The van der Waals surface area contributed by atoms with E-state index in [0.717, 1.165) is 32.1 Å². The maximum absolute atomic E-state index is 11.9. The fourth-order valence-electron chi connectivity index (χ4n) is 3.50. The standard InChI is InChI=1S/C21H32O4/c1-15-8-6-11-20(3,23)12-7-13-21(4)18(25-21)14-17(10-9-15)16(2)19(22)24-5/h7-8,12,17-18,23H,2,6,9-11,13-14H2,1,3-5H3/b12-7+,15-8+/t17-,18+,20+,21+/m0/s1. The van der Waals surface area contributed by atoms with E-state index in [1.54, 1.807) is 0 Å². The lowest BCUT2D eigenvalue weighted by Crippen LogP contribution is -2.21. The first-order chi connectivity index (χ1) is 11.7. The molecule has 0 radical (unpaired) electrons. The van der Waals surface area contributed by atoms with E-state index in [1.165, 1.54) is 12.7 Å². The summed E-state index contributed by atoms with van der Waals surface area (Å²) in [7, 11) is 1.40. The van der Waals surface area contributed by atoms with Crippen LogP contribution in [-0.2, 0) is 14.3 Å². The van der Waals surface area contributed by atoms with Crippen LogP contribution in [0.5, 0.6) is 0 Å². The van der Waals surface area contributed by atoms with Crippen LogP contribution >= 0.6 is 0 Å². The largest absolute Gasteiger partial charge is 0.466 e. The molecule has 4 heteroatoms. The Hall–Kier alpha value is -1.39. The number of epoxide rings is 1. The van der Waals surface area contributed by atoms with Crippen molar-refractivity contribution in [2.24, 2.45) is 5.92 Å². The number of hydrogen-bond acceptors (Lipinski definition) is 4. The number of methoxy groups -OCH3 is 1. The van der Waals surface area contributed by atoms with Crippen LogP contribution < -0.4 is 0 Å². The minimum atomic E-state index is -0.788. The molecular weight excluding hydrogens is 316 g/mol. The van der Waals surface area contributed by atoms with Crippen molar-refractivity contribution < 1.29 is 19.4 Å². The minimum Gasteiger partial charge on any atom is -0.466 e. The van der Waals surface area contributed by atoms with Crippen LogP contribution in [0.4, 0.5) is 0 Å². The first kappa shape index (κ1) is 19.9. The van der Waals surface area contributed by atoms with E-state index in [4.69, 9.17) is 9.47 Å². The highest BCUT2D eigenvalue weighted by Gasteiger charge is 2.52. The van der Waals surface area contributed by atoms with Gasteiger partial charge in [0.15, 0.2) is 0 Å². The van der Waals surface area contributed by atoms with Gasteiger partial charge in [-0.15, -0.1) is 0 Å². The Labute approximate surface area is 151 Å². The number of rotatable bonds is 2. The molecule has 4 atom stereocenters. The van der Waals surface area contributed by atoms with E-state index >= 15 is 0 Å². The summed E-state index contributed by atoms with van der Waals surface area (Å²) in [6, 6.07) is 0. The third-order valence-corrected chi connectivity index (χ3v) is 5.50. The van der Waals surface area contributed by atoms with Gasteiger partial charge in [0.1, 0.15) is 0 Å². The lowest BCUT2D eigenvalue weighted by Gasteiger charge is -2.20. The summed E-state index contributed by atoms with van der Waals surface area (Å²) >= 11 is 0. The van der Waals surface area contributed by atoms with Crippen molar-refractivity contribution >= 4 is 5.97 Å². The molecule has 0 bridgehead atoms. The maximum Gasteiger partial charge on any atom is 0.333 e. The summed E-state index contributed by atoms with van der Waals surface area (Å²) in [5.74, 6) is -0.260. The Bertz CT molecular complexity index is 572. The van der Waals surface area contributed by atoms with Crippen molar-refractivity contribution in [3.8, 4) is 0 Å². The van der Waals surface area contributed by atoms with Gasteiger partial charge in [0.05, 0.1) is 24.4 Å². The number of hydrogen-bond donors (Lipinski definition) is 1. The van der Waals surface area contributed by atoms with Gasteiger partial charge in [-0.1, -0.05) is 30.4 Å². The van der Waals surface area contributed by atoms with Gasteiger partial charge in [0.25, 0.3) is 0 Å². The van der Waals surface area contributed by atoms with E-state index < -0.39 is 5.60 Å².